The summed E-state index contributed by atoms with van der Waals surface area (Å²) in [7, 11) is 0. The van der Waals surface area contributed by atoms with Crippen LogP contribution < -0.4 is 10.1 Å². The Morgan fingerprint density at radius 2 is 2.10 bits per heavy atom. The molecule has 2 aromatic rings. The number of ether oxygens (including phenoxy) is 1. The number of benzene rings is 2. The Labute approximate surface area is 124 Å². The van der Waals surface area contributed by atoms with Gasteiger partial charge in [-0.1, -0.05) is 36.4 Å². The van der Waals surface area contributed by atoms with Crippen molar-refractivity contribution in [2.75, 3.05) is 6.61 Å². The molecule has 3 rings (SSSR count). The average Bonchev–Trinajstić information content (AvgIpc) is 2.89. The van der Waals surface area contributed by atoms with Crippen LogP contribution >= 0.6 is 0 Å². The van der Waals surface area contributed by atoms with Gasteiger partial charge in [0.05, 0.1) is 6.04 Å². The van der Waals surface area contributed by atoms with Crippen molar-refractivity contribution in [2.24, 2.45) is 0 Å². The van der Waals surface area contributed by atoms with Crippen molar-refractivity contribution in [3.05, 3.63) is 65.2 Å². The van der Waals surface area contributed by atoms with E-state index < -0.39 is 0 Å². The monoisotopic (exact) mass is 281 g/mol. The van der Waals surface area contributed by atoms with Gasteiger partial charge >= 0.3 is 0 Å². The number of aryl methyl sites for hydroxylation is 2. The molecule has 21 heavy (non-hydrogen) atoms. The third-order valence-corrected chi connectivity index (χ3v) is 3.83. The first kappa shape index (κ1) is 13.7. The highest BCUT2D eigenvalue weighted by molar-refractivity contribution is 5.78. The van der Waals surface area contributed by atoms with Crippen LogP contribution in [-0.2, 0) is 11.2 Å². The van der Waals surface area contributed by atoms with Gasteiger partial charge in [0.2, 0.25) is 0 Å². The maximum Gasteiger partial charge on any atom is 0.258 e. The second-order valence-corrected chi connectivity index (χ2v) is 5.46. The van der Waals surface area contributed by atoms with E-state index in [0.717, 1.165) is 24.2 Å². The molecule has 1 unspecified atom stereocenters. The molecule has 1 N–H and O–H groups in total. The Balaban J connectivity index is 1.56. The first-order valence-electron chi connectivity index (χ1n) is 7.29. The Morgan fingerprint density at radius 3 is 2.95 bits per heavy atom. The minimum Gasteiger partial charge on any atom is -0.484 e. The number of rotatable bonds is 4. The van der Waals surface area contributed by atoms with E-state index in [4.69, 9.17) is 4.74 Å². The van der Waals surface area contributed by atoms with Gasteiger partial charge in [0.1, 0.15) is 5.75 Å². The number of carbonyl (C=O) groups excluding carboxylic acids is 1. The van der Waals surface area contributed by atoms with E-state index in [1.54, 1.807) is 0 Å². The van der Waals surface area contributed by atoms with Crippen LogP contribution in [0.3, 0.4) is 0 Å². The SMILES string of the molecule is Cc1cccc(OCC(=O)NC2CCc3ccccc32)c1. The van der Waals surface area contributed by atoms with Gasteiger partial charge in [-0.05, 0) is 48.6 Å². The predicted molar refractivity (Wildman–Crippen MR) is 82.3 cm³/mol. The molecule has 3 nitrogen and oxygen atoms in total. The third kappa shape index (κ3) is 3.24. The van der Waals surface area contributed by atoms with E-state index in [9.17, 15) is 4.79 Å². The van der Waals surface area contributed by atoms with Crippen molar-refractivity contribution in [1.29, 1.82) is 0 Å². The van der Waals surface area contributed by atoms with Crippen LogP contribution in [0.25, 0.3) is 0 Å². The minimum atomic E-state index is -0.0711. The molecule has 1 amide bonds. The molecule has 0 heterocycles. The number of carbonyl (C=O) groups is 1. The highest BCUT2D eigenvalue weighted by Gasteiger charge is 2.23. The fourth-order valence-corrected chi connectivity index (χ4v) is 2.80. The first-order chi connectivity index (χ1) is 10.2. The van der Waals surface area contributed by atoms with Crippen molar-refractivity contribution < 1.29 is 9.53 Å². The van der Waals surface area contributed by atoms with E-state index in [1.807, 2.05) is 43.3 Å². The molecule has 1 aliphatic rings. The molecule has 1 atom stereocenters. The van der Waals surface area contributed by atoms with Gasteiger partial charge in [0.25, 0.3) is 5.91 Å². The summed E-state index contributed by atoms with van der Waals surface area (Å²) >= 11 is 0. The van der Waals surface area contributed by atoms with Gasteiger partial charge < -0.3 is 10.1 Å². The number of hydrogen-bond donors (Lipinski definition) is 1. The largest absolute Gasteiger partial charge is 0.484 e. The average molecular weight is 281 g/mol. The van der Waals surface area contributed by atoms with Gasteiger partial charge in [-0.15, -0.1) is 0 Å². The highest BCUT2D eigenvalue weighted by atomic mass is 16.5. The summed E-state index contributed by atoms with van der Waals surface area (Å²) in [6, 6.07) is 16.1. The van der Waals surface area contributed by atoms with Crippen LogP contribution in [0.4, 0.5) is 0 Å². The molecule has 0 saturated heterocycles. The number of nitrogens with one attached hydrogen (secondary N) is 1. The van der Waals surface area contributed by atoms with Crippen LogP contribution in [0.1, 0.15) is 29.2 Å². The molecule has 0 radical (unpaired) electrons. The van der Waals surface area contributed by atoms with E-state index >= 15 is 0 Å². The minimum absolute atomic E-state index is 0.0577. The number of hydrogen-bond acceptors (Lipinski definition) is 2. The summed E-state index contributed by atoms with van der Waals surface area (Å²) in [6.07, 6.45) is 2.00. The van der Waals surface area contributed by atoms with Gasteiger partial charge in [-0.25, -0.2) is 0 Å². The molecular formula is C18H19NO2. The summed E-state index contributed by atoms with van der Waals surface area (Å²) in [5, 5.41) is 3.06. The van der Waals surface area contributed by atoms with Crippen LogP contribution in [-0.4, -0.2) is 12.5 Å². The van der Waals surface area contributed by atoms with Crippen molar-refractivity contribution in [1.82, 2.24) is 5.32 Å². The normalized spacial score (nSPS) is 16.3. The second kappa shape index (κ2) is 6.00. The number of fused-ring (bicyclic) bond motifs is 1. The van der Waals surface area contributed by atoms with E-state index in [0.29, 0.717) is 0 Å². The van der Waals surface area contributed by atoms with E-state index in [2.05, 4.69) is 17.4 Å². The quantitative estimate of drug-likeness (QED) is 0.934. The molecule has 0 spiro atoms. The maximum atomic E-state index is 12.0. The van der Waals surface area contributed by atoms with Crippen molar-refractivity contribution >= 4 is 5.91 Å². The van der Waals surface area contributed by atoms with Gasteiger partial charge in [0, 0.05) is 0 Å². The van der Waals surface area contributed by atoms with Crippen LogP contribution in [0, 0.1) is 6.92 Å². The maximum absolute atomic E-state index is 12.0. The Bertz CT molecular complexity index is 651. The smallest absolute Gasteiger partial charge is 0.258 e. The van der Waals surface area contributed by atoms with Crippen LogP contribution in [0.15, 0.2) is 48.5 Å². The fraction of sp³-hybridized carbons (Fsp3) is 0.278. The lowest BCUT2D eigenvalue weighted by Gasteiger charge is -2.14. The standard InChI is InChI=1S/C18H19NO2/c1-13-5-4-7-15(11-13)21-12-18(20)19-17-10-9-14-6-2-3-8-16(14)17/h2-8,11,17H,9-10,12H2,1H3,(H,19,20). The zero-order valence-corrected chi connectivity index (χ0v) is 12.1. The second-order valence-electron chi connectivity index (χ2n) is 5.46. The van der Waals surface area contributed by atoms with Crippen molar-refractivity contribution in [3.63, 3.8) is 0 Å². The first-order valence-corrected chi connectivity index (χ1v) is 7.29. The number of amides is 1. The molecule has 0 aromatic heterocycles. The van der Waals surface area contributed by atoms with E-state index in [1.165, 1.54) is 11.1 Å². The van der Waals surface area contributed by atoms with E-state index in [-0.39, 0.29) is 18.6 Å². The molecule has 108 valence electrons. The Hall–Kier alpha value is -2.29. The Morgan fingerprint density at radius 1 is 1.24 bits per heavy atom. The molecular weight excluding hydrogens is 262 g/mol. The summed E-state index contributed by atoms with van der Waals surface area (Å²) in [6.45, 7) is 2.06. The molecule has 0 fully saturated rings. The Kier molecular flexibility index (Phi) is 3.91. The van der Waals surface area contributed by atoms with Crippen LogP contribution in [0.5, 0.6) is 5.75 Å². The zero-order chi connectivity index (χ0) is 14.7. The van der Waals surface area contributed by atoms with Gasteiger partial charge in [-0.3, -0.25) is 4.79 Å². The lowest BCUT2D eigenvalue weighted by atomic mass is 10.1. The van der Waals surface area contributed by atoms with Crippen molar-refractivity contribution in [3.8, 4) is 5.75 Å². The van der Waals surface area contributed by atoms with Crippen molar-refractivity contribution in [2.45, 2.75) is 25.8 Å². The zero-order valence-electron chi connectivity index (χ0n) is 12.1. The summed E-state index contributed by atoms with van der Waals surface area (Å²) < 4.78 is 5.53. The molecule has 0 bridgehead atoms. The lowest BCUT2D eigenvalue weighted by Crippen LogP contribution is -2.31. The topological polar surface area (TPSA) is 38.3 Å². The van der Waals surface area contributed by atoms with Crippen LogP contribution in [0.2, 0.25) is 0 Å². The fourth-order valence-electron chi connectivity index (χ4n) is 2.80. The molecule has 0 aliphatic heterocycles. The highest BCUT2D eigenvalue weighted by Crippen LogP contribution is 2.30. The molecule has 2 aromatic carbocycles. The summed E-state index contributed by atoms with van der Waals surface area (Å²) in [4.78, 5) is 12.0. The van der Waals surface area contributed by atoms with Gasteiger partial charge in [-0.2, -0.15) is 0 Å². The van der Waals surface area contributed by atoms with Gasteiger partial charge in [0.15, 0.2) is 6.61 Å². The molecule has 0 saturated carbocycles. The molecule has 3 heteroatoms. The third-order valence-electron chi connectivity index (χ3n) is 3.83. The summed E-state index contributed by atoms with van der Waals surface area (Å²) in [5.74, 6) is 0.662. The molecule has 1 aliphatic carbocycles. The lowest BCUT2D eigenvalue weighted by molar-refractivity contribution is -0.123. The predicted octanol–water partition coefficient (Wildman–Crippen LogP) is 3.18. The summed E-state index contributed by atoms with van der Waals surface area (Å²) in [5.41, 5.74) is 3.70.